The summed E-state index contributed by atoms with van der Waals surface area (Å²) in [5, 5.41) is 11.0. The molecule has 28 heavy (non-hydrogen) atoms. The molecule has 1 aliphatic rings. The Labute approximate surface area is 152 Å². The molecule has 6 nitrogen and oxygen atoms in total. The summed E-state index contributed by atoms with van der Waals surface area (Å²) in [6.07, 6.45) is -26.2. The smallest absolute Gasteiger partial charge is 0.422 e. The van der Waals surface area contributed by atoms with E-state index in [1.165, 1.54) is 0 Å². The molecular weight excluding hydrogens is 412 g/mol. The normalized spacial score (nSPS) is 26.8. The van der Waals surface area contributed by atoms with E-state index in [-0.39, 0.29) is 0 Å². The predicted octanol–water partition coefficient (Wildman–Crippen LogP) is 1.79. The lowest BCUT2D eigenvalue weighted by Gasteiger charge is -2.38. The molecule has 4 N–H and O–H groups in total. The van der Waals surface area contributed by atoms with Crippen molar-refractivity contribution in [3.05, 3.63) is 11.6 Å². The first-order valence-electron chi connectivity index (χ1n) is 7.59. The molecule has 0 fully saturated rings. The number of rotatable bonds is 6. The third-order valence-electron chi connectivity index (χ3n) is 3.80. The van der Waals surface area contributed by atoms with Crippen LogP contribution in [0.25, 0.3) is 0 Å². The van der Waals surface area contributed by atoms with Crippen LogP contribution < -0.4 is 11.1 Å². The Morgan fingerprint density at radius 2 is 1.64 bits per heavy atom. The van der Waals surface area contributed by atoms with Gasteiger partial charge in [-0.1, -0.05) is 0 Å². The number of hydrogen-bond acceptors (Lipinski definition) is 4. The number of carbonyl (C=O) groups is 2. The standard InChI is InChI=1S/C14H16F8N2O4/c1-4(25)24-8-6(23)2-5(12(26)27)3-7(8)28-9(10(15)13(17,18)19)11(16)14(20,21)22/h3,6-11H,2,23H2,1H3,(H,24,25)(H,26,27)/t6?,7?,8?,9?,10-,11?/m1/s1. The Morgan fingerprint density at radius 3 is 2.00 bits per heavy atom. The molecule has 6 atom stereocenters. The molecule has 5 unspecified atom stereocenters. The molecule has 0 aliphatic heterocycles. The zero-order valence-corrected chi connectivity index (χ0v) is 14.0. The van der Waals surface area contributed by atoms with Crippen molar-refractivity contribution in [2.24, 2.45) is 5.73 Å². The Balaban J connectivity index is 3.34. The van der Waals surface area contributed by atoms with Gasteiger partial charge in [0.05, 0.1) is 12.1 Å². The molecule has 0 aromatic heterocycles. The molecule has 0 aromatic carbocycles. The third kappa shape index (κ3) is 6.02. The zero-order valence-electron chi connectivity index (χ0n) is 14.0. The fourth-order valence-corrected chi connectivity index (χ4v) is 2.54. The van der Waals surface area contributed by atoms with Crippen LogP contribution in [0.1, 0.15) is 13.3 Å². The summed E-state index contributed by atoms with van der Waals surface area (Å²) >= 11 is 0. The maximum atomic E-state index is 13.6. The minimum atomic E-state index is -5.90. The minimum absolute atomic E-state index is 0.429. The summed E-state index contributed by atoms with van der Waals surface area (Å²) in [6, 6.07) is -2.84. The second-order valence-electron chi connectivity index (χ2n) is 6.04. The van der Waals surface area contributed by atoms with Gasteiger partial charge in [-0.25, -0.2) is 13.6 Å². The molecule has 0 saturated carbocycles. The van der Waals surface area contributed by atoms with Crippen LogP contribution >= 0.6 is 0 Å². The predicted molar refractivity (Wildman–Crippen MR) is 76.5 cm³/mol. The van der Waals surface area contributed by atoms with Gasteiger partial charge in [-0.2, -0.15) is 26.3 Å². The van der Waals surface area contributed by atoms with Crippen LogP contribution in [0.15, 0.2) is 11.6 Å². The van der Waals surface area contributed by atoms with E-state index in [0.29, 0.717) is 6.08 Å². The summed E-state index contributed by atoms with van der Waals surface area (Å²) in [4.78, 5) is 22.3. The van der Waals surface area contributed by atoms with Crippen molar-refractivity contribution >= 4 is 11.9 Å². The van der Waals surface area contributed by atoms with Crippen LogP contribution in [-0.2, 0) is 14.3 Å². The molecule has 0 heterocycles. The highest BCUT2D eigenvalue weighted by Gasteiger charge is 2.57. The molecule has 0 bridgehead atoms. The van der Waals surface area contributed by atoms with E-state index >= 15 is 0 Å². The number of amides is 1. The molecule has 162 valence electrons. The first kappa shape index (κ1) is 24.1. The fourth-order valence-electron chi connectivity index (χ4n) is 2.54. The van der Waals surface area contributed by atoms with E-state index in [1.807, 2.05) is 0 Å². The maximum absolute atomic E-state index is 13.6. The Bertz CT molecular complexity index is 601. The number of nitrogens with two attached hydrogens (primary N) is 1. The van der Waals surface area contributed by atoms with Crippen molar-refractivity contribution in [3.8, 4) is 0 Å². The van der Waals surface area contributed by atoms with E-state index in [1.54, 1.807) is 0 Å². The van der Waals surface area contributed by atoms with E-state index in [0.717, 1.165) is 6.92 Å². The summed E-state index contributed by atoms with van der Waals surface area (Å²) < 4.78 is 107. The van der Waals surface area contributed by atoms with Gasteiger partial charge < -0.3 is 20.9 Å². The quantitative estimate of drug-likeness (QED) is 0.560. The van der Waals surface area contributed by atoms with E-state index in [4.69, 9.17) is 10.8 Å². The topological polar surface area (TPSA) is 102 Å². The van der Waals surface area contributed by atoms with Crippen molar-refractivity contribution in [2.75, 3.05) is 0 Å². The summed E-state index contributed by atoms with van der Waals surface area (Å²) in [5.41, 5.74) is 5.05. The van der Waals surface area contributed by atoms with Gasteiger partial charge in [-0.3, -0.25) is 4.79 Å². The first-order valence-corrected chi connectivity index (χ1v) is 7.59. The lowest BCUT2D eigenvalue weighted by atomic mass is 9.88. The van der Waals surface area contributed by atoms with Crippen LogP contribution in [-0.4, -0.2) is 66.0 Å². The minimum Gasteiger partial charge on any atom is -0.478 e. The molecule has 1 amide bonds. The molecule has 0 spiro atoms. The van der Waals surface area contributed by atoms with E-state index in [9.17, 15) is 44.7 Å². The molecular formula is C14H16F8N2O4. The summed E-state index contributed by atoms with van der Waals surface area (Å²) in [7, 11) is 0. The third-order valence-corrected chi connectivity index (χ3v) is 3.80. The molecule has 14 heteroatoms. The number of carbonyl (C=O) groups excluding carboxylic acids is 1. The number of halogens is 8. The summed E-state index contributed by atoms with van der Waals surface area (Å²) in [6.45, 7) is 0.930. The monoisotopic (exact) mass is 428 g/mol. The van der Waals surface area contributed by atoms with Crippen molar-refractivity contribution in [1.29, 1.82) is 0 Å². The van der Waals surface area contributed by atoms with Gasteiger partial charge in [0.2, 0.25) is 18.3 Å². The largest absolute Gasteiger partial charge is 0.478 e. The van der Waals surface area contributed by atoms with Crippen LogP contribution in [0.5, 0.6) is 0 Å². The van der Waals surface area contributed by atoms with Crippen molar-refractivity contribution in [2.45, 2.75) is 62.3 Å². The van der Waals surface area contributed by atoms with Gasteiger partial charge in [0.25, 0.3) is 0 Å². The number of alkyl halides is 8. The van der Waals surface area contributed by atoms with E-state index < -0.39 is 72.9 Å². The number of carboxylic acids is 1. The Kier molecular flexibility index (Phi) is 7.39. The number of nitrogens with one attached hydrogen (secondary N) is 1. The van der Waals surface area contributed by atoms with Crippen LogP contribution in [0.2, 0.25) is 0 Å². The van der Waals surface area contributed by atoms with Crippen LogP contribution in [0.4, 0.5) is 35.1 Å². The number of carboxylic acid groups (broad SMARTS) is 1. The van der Waals surface area contributed by atoms with Crippen molar-refractivity contribution in [3.63, 3.8) is 0 Å². The van der Waals surface area contributed by atoms with Gasteiger partial charge in [0.15, 0.2) is 0 Å². The average Bonchev–Trinajstić information content (AvgIpc) is 2.51. The Morgan fingerprint density at radius 1 is 1.18 bits per heavy atom. The van der Waals surface area contributed by atoms with Gasteiger partial charge in [0, 0.05) is 18.5 Å². The average molecular weight is 428 g/mol. The second-order valence-corrected chi connectivity index (χ2v) is 6.04. The SMILES string of the molecule is CC(=O)NC1C(N)CC(C(=O)O)=CC1OC(C(F)C(F)(F)F)[C@@H](F)C(F)(F)F. The van der Waals surface area contributed by atoms with Gasteiger partial charge in [-0.15, -0.1) is 0 Å². The number of ether oxygens (including phenoxy) is 1. The maximum Gasteiger partial charge on any atom is 0.422 e. The Hall–Kier alpha value is -1.96. The van der Waals surface area contributed by atoms with Gasteiger partial charge >= 0.3 is 18.3 Å². The van der Waals surface area contributed by atoms with Crippen molar-refractivity contribution < 1.29 is 54.6 Å². The second kappa shape index (κ2) is 8.59. The summed E-state index contributed by atoms with van der Waals surface area (Å²) in [5.74, 6) is -2.46. The lowest BCUT2D eigenvalue weighted by molar-refractivity contribution is -0.267. The van der Waals surface area contributed by atoms with Gasteiger partial charge in [0.1, 0.15) is 6.10 Å². The number of aliphatic carboxylic acids is 1. The molecule has 0 radical (unpaired) electrons. The zero-order chi connectivity index (χ0) is 22.0. The van der Waals surface area contributed by atoms with E-state index in [2.05, 4.69) is 10.1 Å². The van der Waals surface area contributed by atoms with Crippen LogP contribution in [0, 0.1) is 0 Å². The van der Waals surface area contributed by atoms with Gasteiger partial charge in [-0.05, 0) is 12.5 Å². The highest BCUT2D eigenvalue weighted by Crippen LogP contribution is 2.37. The molecule has 0 aromatic rings. The van der Waals surface area contributed by atoms with Crippen LogP contribution in [0.3, 0.4) is 0 Å². The first-order chi connectivity index (χ1) is 12.6. The molecule has 1 aliphatic carbocycles. The fraction of sp³-hybridized carbons (Fsp3) is 0.714. The highest BCUT2D eigenvalue weighted by atomic mass is 19.4. The number of hydrogen-bond donors (Lipinski definition) is 3. The van der Waals surface area contributed by atoms with Crippen molar-refractivity contribution in [1.82, 2.24) is 5.32 Å². The highest BCUT2D eigenvalue weighted by molar-refractivity contribution is 5.87. The molecule has 0 saturated heterocycles. The lowest BCUT2D eigenvalue weighted by Crippen LogP contribution is -2.59. The molecule has 1 rings (SSSR count).